The van der Waals surface area contributed by atoms with Crippen molar-refractivity contribution in [3.8, 4) is 11.4 Å². The average Bonchev–Trinajstić information content (AvgIpc) is 2.76. The van der Waals surface area contributed by atoms with Crippen molar-refractivity contribution in [2.24, 2.45) is 0 Å². The first-order chi connectivity index (χ1) is 9.47. The lowest BCUT2D eigenvalue weighted by atomic mass is 10.2. The molecule has 0 fully saturated rings. The van der Waals surface area contributed by atoms with Crippen LogP contribution in [-0.2, 0) is 10.0 Å². The molecule has 2 heterocycles. The van der Waals surface area contributed by atoms with Gasteiger partial charge in [0.2, 0.25) is 0 Å². The fourth-order valence-corrected chi connectivity index (χ4v) is 2.78. The second kappa shape index (κ2) is 4.64. The first kappa shape index (κ1) is 13.2. The van der Waals surface area contributed by atoms with Gasteiger partial charge in [-0.25, -0.2) is 20.1 Å². The van der Waals surface area contributed by atoms with Gasteiger partial charge in [0, 0.05) is 18.0 Å². The van der Waals surface area contributed by atoms with Gasteiger partial charge in [0.15, 0.2) is 11.3 Å². The number of fused-ring (bicyclic) bond motifs is 1. The molecule has 0 saturated carbocycles. The highest BCUT2D eigenvalue weighted by molar-refractivity contribution is 7.84. The van der Waals surface area contributed by atoms with Gasteiger partial charge in [0.1, 0.15) is 10.7 Å². The van der Waals surface area contributed by atoms with Crippen LogP contribution in [0.25, 0.3) is 22.7 Å². The molecule has 0 saturated heterocycles. The van der Waals surface area contributed by atoms with E-state index in [1.165, 1.54) is 12.1 Å². The van der Waals surface area contributed by atoms with Gasteiger partial charge >= 0.3 is 26.5 Å². The summed E-state index contributed by atoms with van der Waals surface area (Å²) < 4.78 is 24.4. The van der Waals surface area contributed by atoms with Crippen LogP contribution in [0.4, 0.5) is 0 Å². The smallest absolute Gasteiger partial charge is 0.323 e. The van der Waals surface area contributed by atoms with Crippen molar-refractivity contribution in [2.45, 2.75) is 4.90 Å². The predicted molar refractivity (Wildman–Crippen MR) is 72.0 cm³/mol. The van der Waals surface area contributed by atoms with Gasteiger partial charge in [-0.1, -0.05) is 0 Å². The normalized spacial score (nSPS) is 11.8. The molecular weight excluding hydrogens is 293 g/mol. The molecule has 0 aliphatic carbocycles. The Morgan fingerprint density at radius 1 is 1.10 bits per heavy atom. The van der Waals surface area contributed by atoms with E-state index in [0.29, 0.717) is 17.1 Å². The third-order valence-electron chi connectivity index (χ3n) is 2.80. The highest BCUT2D eigenvalue weighted by atomic mass is 32.2. The number of sulfonamides is 1. The number of hydrogen-bond donors (Lipinski definition) is 1. The molecule has 0 amide bonds. The molecule has 0 bridgehead atoms. The van der Waals surface area contributed by atoms with Crippen LogP contribution in [0.2, 0.25) is 0 Å². The zero-order valence-corrected chi connectivity index (χ0v) is 12.2. The van der Waals surface area contributed by atoms with E-state index < -0.39 is 10.0 Å². The largest absolute Gasteiger partial charge is 0.420 e. The van der Waals surface area contributed by atoms with Crippen LogP contribution in [0.5, 0.6) is 0 Å². The summed E-state index contributed by atoms with van der Waals surface area (Å²) in [5, 5.41) is 3.12. The quantitative estimate of drug-likeness (QED) is 0.634. The third-order valence-corrected chi connectivity index (χ3v) is 4.28. The first-order valence-electron chi connectivity index (χ1n) is 5.60. The van der Waals surface area contributed by atoms with E-state index >= 15 is 0 Å². The van der Waals surface area contributed by atoms with E-state index in [-0.39, 0.29) is 4.90 Å². The summed E-state index contributed by atoms with van der Waals surface area (Å²) in [6.45, 7) is 0. The summed E-state index contributed by atoms with van der Waals surface area (Å²) in [5.74, 6) is 0.643. The maximum Gasteiger partial charge on any atom is 0.323 e. The van der Waals surface area contributed by atoms with Crippen molar-refractivity contribution in [1.82, 2.24) is 18.5 Å². The molecular formula is C11H9AlN5O2S+. The number of benzene rings is 1. The van der Waals surface area contributed by atoms with Crippen LogP contribution < -0.4 is 5.14 Å². The Kier molecular flexibility index (Phi) is 3.07. The fourth-order valence-electron chi connectivity index (χ4n) is 1.84. The summed E-state index contributed by atoms with van der Waals surface area (Å²) in [4.78, 5) is 12.9. The van der Waals surface area contributed by atoms with Gasteiger partial charge in [-0.15, -0.1) is 0 Å². The highest BCUT2D eigenvalue weighted by Gasteiger charge is 2.13. The molecule has 2 aromatic heterocycles. The lowest BCUT2D eigenvalue weighted by molar-refractivity contribution is -0.164. The minimum Gasteiger partial charge on any atom is -0.420 e. The first-order valence-corrected chi connectivity index (χ1v) is 7.77. The molecule has 0 unspecified atom stereocenters. The minimum absolute atomic E-state index is 0.170. The van der Waals surface area contributed by atoms with Crippen molar-refractivity contribution < 1.29 is 13.6 Å². The van der Waals surface area contributed by atoms with Crippen LogP contribution >= 0.6 is 0 Å². The summed E-state index contributed by atoms with van der Waals surface area (Å²) in [5.41, 5.74) is 1.94. The van der Waals surface area contributed by atoms with Gasteiger partial charge in [0.25, 0.3) is 0 Å². The topological polar surface area (TPSA) is 105 Å². The summed E-state index contributed by atoms with van der Waals surface area (Å²) in [6.07, 6.45) is 3.16. The van der Waals surface area contributed by atoms with E-state index in [9.17, 15) is 8.42 Å². The second-order valence-electron chi connectivity index (χ2n) is 4.15. The molecule has 0 aliphatic heterocycles. The van der Waals surface area contributed by atoms with E-state index in [2.05, 4.69) is 36.6 Å². The Labute approximate surface area is 123 Å². The molecule has 3 N–H and O–H groups in total. The maximum absolute atomic E-state index is 11.3. The minimum atomic E-state index is -3.44. The average molecular weight is 302 g/mol. The Hall–Kier alpha value is -1.79. The van der Waals surface area contributed by atoms with Crippen molar-refractivity contribution in [1.29, 1.82) is 0 Å². The molecule has 20 heavy (non-hydrogen) atoms. The predicted octanol–water partition coefficient (Wildman–Crippen LogP) is -0.644. The van der Waals surface area contributed by atoms with Gasteiger partial charge < -0.3 is 3.55 Å². The monoisotopic (exact) mass is 302 g/mol. The Morgan fingerprint density at radius 3 is 2.35 bits per heavy atom. The van der Waals surface area contributed by atoms with Crippen LogP contribution in [-0.4, -0.2) is 43.4 Å². The molecule has 1 aromatic carbocycles. The van der Waals surface area contributed by atoms with Crippen LogP contribution in [0, 0.1) is 0 Å². The number of rotatable bonds is 2. The highest BCUT2D eigenvalue weighted by Crippen LogP contribution is 2.21. The third kappa shape index (κ3) is 2.21. The second-order valence-corrected chi connectivity index (χ2v) is 6.37. The molecule has 0 atom stereocenters. The van der Waals surface area contributed by atoms with E-state index in [1.54, 1.807) is 28.1 Å². The molecule has 3 aromatic rings. The molecule has 0 aliphatic rings. The van der Waals surface area contributed by atoms with Crippen molar-refractivity contribution in [2.75, 3.05) is 0 Å². The number of quaternary nitrogens is 1. The lowest BCUT2D eigenvalue weighted by Gasteiger charge is -2.03. The van der Waals surface area contributed by atoms with E-state index in [1.807, 2.05) is 0 Å². The van der Waals surface area contributed by atoms with Crippen molar-refractivity contribution >= 4 is 37.8 Å². The van der Waals surface area contributed by atoms with E-state index in [0.717, 1.165) is 5.56 Å². The van der Waals surface area contributed by atoms with Crippen LogP contribution in [0.1, 0.15) is 0 Å². The van der Waals surface area contributed by atoms with Crippen molar-refractivity contribution in [3.05, 3.63) is 36.7 Å². The Bertz CT molecular complexity index is 889. The SMILES string of the molecule is [NH3+]S(=O)(=O)c1ccc(-c2nc3nccnc3[n]2[Al])cc1. The van der Waals surface area contributed by atoms with Crippen LogP contribution in [0.3, 0.4) is 0 Å². The molecule has 0 spiro atoms. The molecule has 7 nitrogen and oxygen atoms in total. The fraction of sp³-hybridized carbons (Fsp3) is 0. The standard InChI is InChI=1S/C11H8N5O2S.Al/c12-19(17,18)8-3-1-7(2-4-8)9-15-10-11(16-9)14-6-5-13-10;/h1-6H,(H2-,12,13,14,15,16,17,18);/q-1;+1/p+1. The van der Waals surface area contributed by atoms with Crippen molar-refractivity contribution in [3.63, 3.8) is 0 Å². The summed E-state index contributed by atoms with van der Waals surface area (Å²) >= 11 is 2.52. The molecule has 3 rings (SSSR count). The number of hydrogen-bond acceptors (Lipinski definition) is 5. The van der Waals surface area contributed by atoms with Gasteiger partial charge in [-0.2, -0.15) is 8.42 Å². The number of aromatic nitrogens is 4. The zero-order valence-electron chi connectivity index (χ0n) is 10.3. The molecule has 98 valence electrons. The molecule has 9 heteroatoms. The number of imidazole rings is 1. The van der Waals surface area contributed by atoms with Crippen LogP contribution in [0.15, 0.2) is 41.6 Å². The van der Waals surface area contributed by atoms with E-state index in [4.69, 9.17) is 0 Å². The maximum atomic E-state index is 11.3. The summed E-state index contributed by atoms with van der Waals surface area (Å²) in [6, 6.07) is 6.37. The Morgan fingerprint density at radius 2 is 1.75 bits per heavy atom. The lowest BCUT2D eigenvalue weighted by Crippen LogP contribution is -2.56. The van der Waals surface area contributed by atoms with Gasteiger partial charge in [-0.3, -0.25) is 0 Å². The number of nitrogens with zero attached hydrogens (tertiary/aromatic N) is 4. The zero-order chi connectivity index (χ0) is 14.3. The van der Waals surface area contributed by atoms with Gasteiger partial charge in [-0.05, 0) is 24.3 Å². The molecule has 2 radical (unpaired) electrons. The Balaban J connectivity index is 2.14. The van der Waals surface area contributed by atoms with Gasteiger partial charge in [0.05, 0.1) is 0 Å². The summed E-state index contributed by atoms with van der Waals surface area (Å²) in [7, 11) is -3.44.